The first-order valence-electron chi connectivity index (χ1n) is 11.3. The van der Waals surface area contributed by atoms with Gasteiger partial charge < -0.3 is 23.9 Å². The minimum Gasteiger partial charge on any atom is -0.462 e. The molecule has 15 nitrogen and oxygen atoms in total. The molecule has 0 spiro atoms. The Bertz CT molecular complexity index is 1320. The number of nitrogens with zero attached hydrogens (tertiary/aromatic N) is 5. The topological polar surface area (TPSA) is 198 Å². The number of alkyl halides is 1. The number of hydrogen-bond donors (Lipinski definition) is 2. The van der Waals surface area contributed by atoms with E-state index in [-0.39, 0.29) is 5.75 Å². The third-order valence-electron chi connectivity index (χ3n) is 5.26. The zero-order valence-corrected chi connectivity index (χ0v) is 21.5. The first kappa shape index (κ1) is 29.0. The standard InChI is InChI=1S/C21H26FN6O9P/c1-12(2)35-19(31)13(3)28(37-14-7-5-4-6-8-14)38(33)34-11-21(25-26-23)17(22)16(30)18(36-21)27-10-9-15(29)24-20(27)32/h4-10,12-13,16-18,30,38H,11H2,1-3H3,(H,24,29,32)/t13?,16-,17+,18-,21-/m1/s1. The summed E-state index contributed by atoms with van der Waals surface area (Å²) in [7, 11) is -3.55. The molecule has 2 unspecified atom stereocenters. The Labute approximate surface area is 215 Å². The van der Waals surface area contributed by atoms with E-state index in [1.807, 2.05) is 4.98 Å². The molecule has 1 aliphatic rings. The lowest BCUT2D eigenvalue weighted by molar-refractivity contribution is -0.159. The number of carbonyl (C=O) groups excluding carboxylic acids is 1. The third-order valence-corrected chi connectivity index (χ3v) is 6.49. The minimum absolute atomic E-state index is 0.192. The zero-order valence-electron chi connectivity index (χ0n) is 20.5. The maximum absolute atomic E-state index is 15.3. The van der Waals surface area contributed by atoms with Gasteiger partial charge in [-0.25, -0.2) is 9.18 Å². The van der Waals surface area contributed by atoms with Crippen molar-refractivity contribution in [3.8, 4) is 5.75 Å². The molecule has 38 heavy (non-hydrogen) atoms. The number of ether oxygens (including phenoxy) is 2. The summed E-state index contributed by atoms with van der Waals surface area (Å²) >= 11 is 0. The summed E-state index contributed by atoms with van der Waals surface area (Å²) in [5.74, 6) is -0.604. The molecule has 2 N–H and O–H groups in total. The van der Waals surface area contributed by atoms with Crippen molar-refractivity contribution in [2.24, 2.45) is 5.11 Å². The molecular formula is C21H26FN6O9P. The fourth-order valence-electron chi connectivity index (χ4n) is 3.43. The van der Waals surface area contributed by atoms with Crippen LogP contribution in [0.1, 0.15) is 27.0 Å². The molecule has 206 valence electrons. The summed E-state index contributed by atoms with van der Waals surface area (Å²) in [6.45, 7) is 3.56. The average molecular weight is 556 g/mol. The Morgan fingerprint density at radius 1 is 1.34 bits per heavy atom. The molecule has 6 atom stereocenters. The fourth-order valence-corrected chi connectivity index (χ4v) is 4.48. The van der Waals surface area contributed by atoms with E-state index >= 15 is 4.39 Å². The summed E-state index contributed by atoms with van der Waals surface area (Å²) < 4.78 is 45.0. The molecule has 0 bridgehead atoms. The summed E-state index contributed by atoms with van der Waals surface area (Å²) in [5.41, 5.74) is 4.70. The van der Waals surface area contributed by atoms with Crippen LogP contribution in [0.25, 0.3) is 10.4 Å². The van der Waals surface area contributed by atoms with Crippen molar-refractivity contribution >= 4 is 14.1 Å². The third kappa shape index (κ3) is 6.48. The molecule has 1 aromatic heterocycles. The van der Waals surface area contributed by atoms with E-state index in [0.29, 0.717) is 4.57 Å². The van der Waals surface area contributed by atoms with Crippen molar-refractivity contribution in [2.45, 2.75) is 57.1 Å². The van der Waals surface area contributed by atoms with E-state index in [0.717, 1.165) is 17.1 Å². The van der Waals surface area contributed by atoms with Gasteiger partial charge in [-0.15, -0.1) is 0 Å². The van der Waals surface area contributed by atoms with E-state index in [1.165, 1.54) is 19.1 Å². The van der Waals surface area contributed by atoms with Gasteiger partial charge in [0, 0.05) is 17.2 Å². The molecule has 0 radical (unpaired) electrons. The Morgan fingerprint density at radius 2 is 2.03 bits per heavy atom. The van der Waals surface area contributed by atoms with Crippen molar-refractivity contribution < 1.29 is 37.7 Å². The second-order valence-corrected chi connectivity index (χ2v) is 9.66. The number of rotatable bonds is 11. The molecule has 0 saturated carbocycles. The number of aliphatic hydroxyl groups excluding tert-OH is 1. The van der Waals surface area contributed by atoms with Crippen LogP contribution in [-0.4, -0.2) is 62.2 Å². The quantitative estimate of drug-likeness (QED) is 0.103. The number of azide groups is 1. The van der Waals surface area contributed by atoms with Crippen LogP contribution in [0.3, 0.4) is 0 Å². The van der Waals surface area contributed by atoms with Crippen molar-refractivity contribution in [2.75, 3.05) is 6.61 Å². The van der Waals surface area contributed by atoms with Gasteiger partial charge in [0.15, 0.2) is 12.4 Å². The molecular weight excluding hydrogens is 530 g/mol. The Kier molecular flexibility index (Phi) is 9.44. The van der Waals surface area contributed by atoms with Crippen molar-refractivity contribution in [1.82, 2.24) is 14.4 Å². The van der Waals surface area contributed by atoms with Gasteiger partial charge in [-0.1, -0.05) is 28.1 Å². The van der Waals surface area contributed by atoms with Crippen LogP contribution in [0.5, 0.6) is 5.75 Å². The van der Waals surface area contributed by atoms with Crippen LogP contribution in [0, 0.1) is 0 Å². The summed E-state index contributed by atoms with van der Waals surface area (Å²) in [6, 6.07) is 7.66. The van der Waals surface area contributed by atoms with Gasteiger partial charge in [0.2, 0.25) is 5.72 Å². The number of nitrogens with one attached hydrogen (secondary N) is 1. The highest BCUT2D eigenvalue weighted by Crippen LogP contribution is 2.43. The first-order chi connectivity index (χ1) is 18.0. The zero-order chi connectivity index (χ0) is 28.0. The number of esters is 1. The van der Waals surface area contributed by atoms with Crippen LogP contribution >= 0.6 is 8.18 Å². The van der Waals surface area contributed by atoms with Gasteiger partial charge in [0.25, 0.3) is 13.7 Å². The number of halogens is 1. The molecule has 1 aliphatic heterocycles. The van der Waals surface area contributed by atoms with E-state index in [1.54, 1.807) is 32.0 Å². The van der Waals surface area contributed by atoms with Gasteiger partial charge >= 0.3 is 11.7 Å². The molecule has 0 amide bonds. The number of aromatic nitrogens is 2. The van der Waals surface area contributed by atoms with Crippen molar-refractivity contribution in [1.29, 1.82) is 0 Å². The highest BCUT2D eigenvalue weighted by molar-refractivity contribution is 7.36. The maximum Gasteiger partial charge on any atom is 0.330 e. The van der Waals surface area contributed by atoms with E-state index in [4.69, 9.17) is 24.4 Å². The highest BCUT2D eigenvalue weighted by Gasteiger charge is 2.57. The molecule has 1 fully saturated rings. The number of benzene rings is 1. The molecule has 2 heterocycles. The Hall–Kier alpha value is -3.52. The van der Waals surface area contributed by atoms with Crippen LogP contribution in [0.15, 0.2) is 57.3 Å². The molecule has 2 aromatic rings. The van der Waals surface area contributed by atoms with Gasteiger partial charge in [-0.2, -0.15) is 0 Å². The second kappa shape index (κ2) is 12.3. The van der Waals surface area contributed by atoms with Crippen LogP contribution < -0.4 is 16.1 Å². The van der Waals surface area contributed by atoms with Crippen LogP contribution in [0.2, 0.25) is 0 Å². The van der Waals surface area contributed by atoms with Crippen molar-refractivity contribution in [3.63, 3.8) is 0 Å². The number of H-pyrrole nitrogens is 1. The molecule has 3 rings (SSSR count). The van der Waals surface area contributed by atoms with Crippen LogP contribution in [-0.2, 0) is 23.4 Å². The largest absolute Gasteiger partial charge is 0.462 e. The van der Waals surface area contributed by atoms with Crippen molar-refractivity contribution in [3.05, 3.63) is 73.9 Å². The Morgan fingerprint density at radius 3 is 2.63 bits per heavy atom. The lowest BCUT2D eigenvalue weighted by Crippen LogP contribution is -2.43. The smallest absolute Gasteiger partial charge is 0.330 e. The fraction of sp³-hybridized carbons (Fsp3) is 0.476. The number of carbonyl (C=O) groups is 1. The number of para-hydroxylation sites is 1. The van der Waals surface area contributed by atoms with Crippen LogP contribution in [0.4, 0.5) is 4.39 Å². The van der Waals surface area contributed by atoms with Gasteiger partial charge in [0.05, 0.1) is 12.7 Å². The van der Waals surface area contributed by atoms with E-state index in [9.17, 15) is 24.1 Å². The van der Waals surface area contributed by atoms with E-state index < -0.39 is 68.4 Å². The predicted molar refractivity (Wildman–Crippen MR) is 129 cm³/mol. The highest BCUT2D eigenvalue weighted by atomic mass is 31.1. The maximum atomic E-state index is 15.3. The monoisotopic (exact) mass is 556 g/mol. The van der Waals surface area contributed by atoms with E-state index in [2.05, 4.69) is 10.0 Å². The lowest BCUT2D eigenvalue weighted by atomic mass is 10.1. The average Bonchev–Trinajstić information content (AvgIpc) is 3.11. The second-order valence-electron chi connectivity index (χ2n) is 8.40. The number of aliphatic hydroxyl groups is 1. The number of hydrogen-bond acceptors (Lipinski definition) is 10. The van der Waals surface area contributed by atoms with Gasteiger partial charge in [-0.05, 0) is 38.4 Å². The minimum atomic E-state index is -3.55. The number of aromatic amines is 1. The summed E-state index contributed by atoms with van der Waals surface area (Å²) in [6.07, 6.45) is -5.78. The summed E-state index contributed by atoms with van der Waals surface area (Å²) in [5, 5.41) is 13.7. The molecule has 1 saturated heterocycles. The predicted octanol–water partition coefficient (Wildman–Crippen LogP) is 1.81. The van der Waals surface area contributed by atoms with Gasteiger partial charge in [-0.3, -0.25) is 23.7 Å². The summed E-state index contributed by atoms with van der Waals surface area (Å²) in [4.78, 5) is 46.8. The SMILES string of the molecule is CC(C)OC(=O)C(C)N(Oc1ccccc1)[PH](=O)OC[C@@]1(N=[N+]=[N-])O[C@@H](n2ccc(=O)[nH]c2=O)[C@H](O)[C@@H]1F. The molecule has 0 aliphatic carbocycles. The van der Waals surface area contributed by atoms with Gasteiger partial charge in [0.1, 0.15) is 17.9 Å². The molecule has 17 heteroatoms. The number of hydroxylamine groups is 1. The lowest BCUT2D eigenvalue weighted by Gasteiger charge is -2.29. The Balaban J connectivity index is 1.86. The normalized spacial score (nSPS) is 24.6. The first-order valence-corrected chi connectivity index (χ1v) is 12.5. The molecule has 1 aromatic carbocycles.